The van der Waals surface area contributed by atoms with E-state index in [0.29, 0.717) is 11.3 Å². The van der Waals surface area contributed by atoms with Gasteiger partial charge in [0.1, 0.15) is 5.69 Å². The average Bonchev–Trinajstić information content (AvgIpc) is 2.26. The lowest BCUT2D eigenvalue weighted by Gasteiger charge is -2.01. The van der Waals surface area contributed by atoms with Gasteiger partial charge in [0.15, 0.2) is 0 Å². The maximum absolute atomic E-state index is 10.7. The Morgan fingerprint density at radius 3 is 2.73 bits per heavy atom. The van der Waals surface area contributed by atoms with Crippen molar-refractivity contribution in [3.8, 4) is 0 Å². The fourth-order valence-corrected chi connectivity index (χ4v) is 1.06. The first-order valence-electron chi connectivity index (χ1n) is 4.27. The molecule has 0 radical (unpaired) electrons. The smallest absolute Gasteiger partial charge is 0.354 e. The van der Waals surface area contributed by atoms with Crippen molar-refractivity contribution in [1.29, 1.82) is 5.41 Å². The molecule has 0 atom stereocenters. The summed E-state index contributed by atoms with van der Waals surface area (Å²) in [6, 6.07) is 4.66. The van der Waals surface area contributed by atoms with Gasteiger partial charge in [0.05, 0.1) is 5.69 Å². The number of nitrogens with one attached hydrogen (secondary N) is 2. The second-order valence-corrected chi connectivity index (χ2v) is 2.75. The number of nitrogens with zero attached hydrogens (tertiary/aromatic N) is 1. The molecule has 0 unspecified atom stereocenters. The molecule has 5 heteroatoms. The Kier molecular flexibility index (Phi) is 3.56. The van der Waals surface area contributed by atoms with E-state index in [4.69, 9.17) is 10.5 Å². The number of carboxylic acid groups (broad SMARTS) is 1. The summed E-state index contributed by atoms with van der Waals surface area (Å²) < 4.78 is 0. The van der Waals surface area contributed by atoms with Crippen molar-refractivity contribution >= 4 is 17.8 Å². The van der Waals surface area contributed by atoms with Crippen LogP contribution in [0.5, 0.6) is 0 Å². The Bertz CT molecular complexity index is 413. The molecule has 0 spiro atoms. The third-order valence-electron chi connectivity index (χ3n) is 1.72. The largest absolute Gasteiger partial charge is 0.477 e. The molecular formula is C10H11N3O2. The van der Waals surface area contributed by atoms with Crippen LogP contribution in [-0.2, 0) is 0 Å². The zero-order chi connectivity index (χ0) is 11.3. The van der Waals surface area contributed by atoms with Crippen LogP contribution >= 0.6 is 0 Å². The maximum Gasteiger partial charge on any atom is 0.354 e. The van der Waals surface area contributed by atoms with E-state index in [0.717, 1.165) is 6.21 Å². The molecule has 1 aromatic rings. The highest BCUT2D eigenvalue weighted by Crippen LogP contribution is 2.09. The molecule has 1 rings (SSSR count). The number of carbonyl (C=O) groups is 1. The number of rotatable bonds is 4. The third-order valence-corrected chi connectivity index (χ3v) is 1.72. The van der Waals surface area contributed by atoms with Crippen molar-refractivity contribution in [2.45, 2.75) is 0 Å². The number of carboxylic acids is 1. The second-order valence-electron chi connectivity index (χ2n) is 2.75. The number of allylic oxidation sites excluding steroid dienone is 1. The van der Waals surface area contributed by atoms with Gasteiger partial charge >= 0.3 is 5.97 Å². The van der Waals surface area contributed by atoms with E-state index in [2.05, 4.69) is 10.3 Å². The van der Waals surface area contributed by atoms with Gasteiger partial charge < -0.3 is 15.8 Å². The van der Waals surface area contributed by atoms with E-state index in [1.165, 1.54) is 6.07 Å². The molecular weight excluding hydrogens is 194 g/mol. The van der Waals surface area contributed by atoms with Crippen LogP contribution in [0.2, 0.25) is 0 Å². The molecule has 0 aliphatic heterocycles. The Balaban J connectivity index is 3.14. The van der Waals surface area contributed by atoms with Crippen LogP contribution in [0.25, 0.3) is 5.57 Å². The summed E-state index contributed by atoms with van der Waals surface area (Å²) in [5.74, 6) is -1.08. The minimum Gasteiger partial charge on any atom is -0.477 e. The molecule has 78 valence electrons. The van der Waals surface area contributed by atoms with Gasteiger partial charge in [-0.25, -0.2) is 9.78 Å². The molecule has 0 bridgehead atoms. The lowest BCUT2D eigenvalue weighted by molar-refractivity contribution is 0.0690. The first-order chi connectivity index (χ1) is 7.19. The lowest BCUT2D eigenvalue weighted by atomic mass is 10.2. The summed E-state index contributed by atoms with van der Waals surface area (Å²) >= 11 is 0. The van der Waals surface area contributed by atoms with Gasteiger partial charge in [0.25, 0.3) is 0 Å². The molecule has 0 aliphatic carbocycles. The molecule has 3 N–H and O–H groups in total. The van der Waals surface area contributed by atoms with E-state index < -0.39 is 5.97 Å². The van der Waals surface area contributed by atoms with Crippen molar-refractivity contribution in [3.63, 3.8) is 0 Å². The predicted octanol–water partition coefficient (Wildman–Crippen LogP) is 0.990. The van der Waals surface area contributed by atoms with Gasteiger partial charge in [0, 0.05) is 25.0 Å². The molecule has 0 aliphatic rings. The van der Waals surface area contributed by atoms with Crippen LogP contribution in [0.4, 0.5) is 0 Å². The van der Waals surface area contributed by atoms with Gasteiger partial charge in [-0.1, -0.05) is 6.07 Å². The second kappa shape index (κ2) is 4.90. The van der Waals surface area contributed by atoms with E-state index in [-0.39, 0.29) is 5.69 Å². The summed E-state index contributed by atoms with van der Waals surface area (Å²) in [5, 5.41) is 18.7. The summed E-state index contributed by atoms with van der Waals surface area (Å²) in [7, 11) is 1.70. The molecule has 1 aromatic heterocycles. The Labute approximate surface area is 87.0 Å². The monoisotopic (exact) mass is 205 g/mol. The van der Waals surface area contributed by atoms with Crippen molar-refractivity contribution in [2.75, 3.05) is 7.05 Å². The number of hydrogen-bond donors (Lipinski definition) is 3. The average molecular weight is 205 g/mol. The fourth-order valence-electron chi connectivity index (χ4n) is 1.06. The summed E-state index contributed by atoms with van der Waals surface area (Å²) in [6.07, 6.45) is 2.70. The predicted molar refractivity (Wildman–Crippen MR) is 57.0 cm³/mol. The van der Waals surface area contributed by atoms with Gasteiger partial charge in [-0.2, -0.15) is 0 Å². The number of aromatic carboxylic acids is 1. The highest BCUT2D eigenvalue weighted by Gasteiger charge is 2.06. The van der Waals surface area contributed by atoms with Crippen LogP contribution in [0.3, 0.4) is 0 Å². The Morgan fingerprint density at radius 2 is 2.20 bits per heavy atom. The molecule has 1 heterocycles. The number of aromatic nitrogens is 1. The van der Waals surface area contributed by atoms with Crippen LogP contribution in [0.15, 0.2) is 24.4 Å². The zero-order valence-corrected chi connectivity index (χ0v) is 8.19. The molecule has 5 nitrogen and oxygen atoms in total. The molecule has 0 aromatic carbocycles. The molecule has 0 amide bonds. The zero-order valence-electron chi connectivity index (χ0n) is 8.19. The number of hydrogen-bond acceptors (Lipinski definition) is 4. The van der Waals surface area contributed by atoms with E-state index in [1.54, 1.807) is 25.4 Å². The summed E-state index contributed by atoms with van der Waals surface area (Å²) in [6.45, 7) is 0. The minimum absolute atomic E-state index is 0.0312. The Hall–Kier alpha value is -2.17. The normalized spacial score (nSPS) is 10.9. The minimum atomic E-state index is -1.08. The Morgan fingerprint density at radius 1 is 1.53 bits per heavy atom. The molecule has 15 heavy (non-hydrogen) atoms. The first kappa shape index (κ1) is 10.9. The summed E-state index contributed by atoms with van der Waals surface area (Å²) in [5.41, 5.74) is 0.955. The van der Waals surface area contributed by atoms with Gasteiger partial charge in [-0.3, -0.25) is 0 Å². The third kappa shape index (κ3) is 2.63. The lowest BCUT2D eigenvalue weighted by Crippen LogP contribution is -2.04. The van der Waals surface area contributed by atoms with Crippen LogP contribution < -0.4 is 5.32 Å². The number of pyridine rings is 1. The quantitative estimate of drug-likeness (QED) is 0.640. The molecule has 0 fully saturated rings. The SMILES string of the molecule is CN/C=C(\C=N)c1cccc(C(=O)O)n1. The van der Waals surface area contributed by atoms with Crippen LogP contribution in [-0.4, -0.2) is 29.3 Å². The first-order valence-corrected chi connectivity index (χ1v) is 4.27. The van der Waals surface area contributed by atoms with Crippen molar-refractivity contribution in [2.24, 2.45) is 0 Å². The fraction of sp³-hybridized carbons (Fsp3) is 0.100. The van der Waals surface area contributed by atoms with Gasteiger partial charge in [-0.15, -0.1) is 0 Å². The maximum atomic E-state index is 10.7. The van der Waals surface area contributed by atoms with Crippen molar-refractivity contribution in [3.05, 3.63) is 35.8 Å². The molecule has 0 saturated heterocycles. The standard InChI is InChI=1S/C10H11N3O2/c1-12-6-7(5-11)8-3-2-4-9(13-8)10(14)15/h2-6,11-12H,1H3,(H,14,15)/b7-6+,11-5?. The van der Waals surface area contributed by atoms with Crippen LogP contribution in [0, 0.1) is 5.41 Å². The van der Waals surface area contributed by atoms with E-state index in [1.807, 2.05) is 0 Å². The van der Waals surface area contributed by atoms with Crippen molar-refractivity contribution < 1.29 is 9.90 Å². The van der Waals surface area contributed by atoms with E-state index >= 15 is 0 Å². The van der Waals surface area contributed by atoms with Gasteiger partial charge in [0.2, 0.25) is 0 Å². The highest BCUT2D eigenvalue weighted by molar-refractivity contribution is 6.07. The van der Waals surface area contributed by atoms with Crippen molar-refractivity contribution in [1.82, 2.24) is 10.3 Å². The molecule has 0 saturated carbocycles. The van der Waals surface area contributed by atoms with E-state index in [9.17, 15) is 4.79 Å². The topological polar surface area (TPSA) is 86.1 Å². The van der Waals surface area contributed by atoms with Gasteiger partial charge in [-0.05, 0) is 12.1 Å². The van der Waals surface area contributed by atoms with Crippen LogP contribution in [0.1, 0.15) is 16.2 Å². The summed E-state index contributed by atoms with van der Waals surface area (Å²) in [4.78, 5) is 14.6. The highest BCUT2D eigenvalue weighted by atomic mass is 16.4.